The summed E-state index contributed by atoms with van der Waals surface area (Å²) in [5.41, 5.74) is 0. The molecule has 0 radical (unpaired) electrons. The smallest absolute Gasteiger partial charge is 0.192 e. The van der Waals surface area contributed by atoms with Crippen LogP contribution >= 0.6 is 0 Å². The monoisotopic (exact) mass is 282 g/mol. The van der Waals surface area contributed by atoms with Crippen LogP contribution in [0, 0.1) is 0 Å². The summed E-state index contributed by atoms with van der Waals surface area (Å²) in [5.74, 6) is 0. The molecule has 0 unspecified atom stereocenters. The lowest BCUT2D eigenvalue weighted by atomic mass is 10.1. The minimum Gasteiger partial charge on any atom is -0.417 e. The summed E-state index contributed by atoms with van der Waals surface area (Å²) in [6.07, 6.45) is 15.7. The van der Waals surface area contributed by atoms with Crippen LogP contribution in [-0.4, -0.2) is 14.9 Å². The Hall–Kier alpha value is -0.0831. The van der Waals surface area contributed by atoms with E-state index in [1.165, 1.54) is 82.3 Å². The molecule has 0 spiro atoms. The lowest BCUT2D eigenvalue weighted by molar-refractivity contribution is 0.290. The van der Waals surface area contributed by atoms with Gasteiger partial charge in [0.05, 0.1) is 0 Å². The quantitative estimate of drug-likeness (QED) is 0.240. The van der Waals surface area contributed by atoms with Gasteiger partial charge in [-0.2, -0.15) is 0 Å². The van der Waals surface area contributed by atoms with Crippen LogP contribution in [0.2, 0.25) is 18.1 Å². The summed E-state index contributed by atoms with van der Waals surface area (Å²) >= 11 is 0. The van der Waals surface area contributed by atoms with Gasteiger partial charge in [0, 0.05) is 6.61 Å². The highest BCUT2D eigenvalue weighted by molar-refractivity contribution is 6.74. The lowest BCUT2D eigenvalue weighted by Crippen LogP contribution is -2.33. The molecule has 1 nitrogen and oxygen atoms in total. The predicted molar refractivity (Wildman–Crippen MR) is 88.2 cm³/mol. The molecule has 2 heteroatoms. The van der Waals surface area contributed by atoms with Crippen LogP contribution in [0.15, 0.2) is 12.7 Å². The third kappa shape index (κ3) is 7.31. The zero-order valence-electron chi connectivity index (χ0n) is 13.1. The molecule has 0 atom stereocenters. The highest BCUT2D eigenvalue weighted by atomic mass is 28.4. The summed E-state index contributed by atoms with van der Waals surface area (Å²) in [5, 5.41) is 0. The molecular weight excluding hydrogens is 248 g/mol. The van der Waals surface area contributed by atoms with Gasteiger partial charge in [0.25, 0.3) is 0 Å². The summed E-state index contributed by atoms with van der Waals surface area (Å²) in [6.45, 7) is 7.16. The van der Waals surface area contributed by atoms with Gasteiger partial charge in [-0.15, -0.1) is 6.58 Å². The van der Waals surface area contributed by atoms with E-state index in [1.54, 1.807) is 0 Å². The minimum atomic E-state index is -1.21. The minimum absolute atomic E-state index is 1.05. The molecule has 1 fully saturated rings. The summed E-state index contributed by atoms with van der Waals surface area (Å²) in [6, 6.07) is 4.22. The zero-order chi connectivity index (χ0) is 13.8. The fourth-order valence-corrected chi connectivity index (χ4v) is 7.00. The maximum atomic E-state index is 6.33. The Morgan fingerprint density at radius 1 is 0.947 bits per heavy atom. The van der Waals surface area contributed by atoms with E-state index >= 15 is 0 Å². The van der Waals surface area contributed by atoms with Gasteiger partial charge in [-0.3, -0.25) is 0 Å². The first kappa shape index (κ1) is 17.0. The fourth-order valence-electron chi connectivity index (χ4n) is 3.18. The van der Waals surface area contributed by atoms with Crippen molar-refractivity contribution in [2.45, 2.75) is 89.3 Å². The first-order valence-corrected chi connectivity index (χ1v) is 11.1. The molecule has 1 aliphatic rings. The van der Waals surface area contributed by atoms with E-state index in [9.17, 15) is 0 Å². The largest absolute Gasteiger partial charge is 0.417 e. The molecule has 0 aromatic carbocycles. The van der Waals surface area contributed by atoms with Gasteiger partial charge in [-0.1, -0.05) is 57.9 Å². The van der Waals surface area contributed by atoms with Crippen LogP contribution in [0.25, 0.3) is 0 Å². The number of rotatable bonds is 12. The highest BCUT2D eigenvalue weighted by Gasteiger charge is 2.36. The molecular formula is C17H34OSi. The summed E-state index contributed by atoms with van der Waals surface area (Å²) in [4.78, 5) is 0. The third-order valence-electron chi connectivity index (χ3n) is 4.62. The molecule has 1 heterocycles. The Labute approximate surface area is 122 Å². The Balaban J connectivity index is 1.87. The van der Waals surface area contributed by atoms with Crippen molar-refractivity contribution in [2.24, 2.45) is 0 Å². The van der Waals surface area contributed by atoms with E-state index in [1.807, 2.05) is 6.08 Å². The van der Waals surface area contributed by atoms with Gasteiger partial charge in [0.1, 0.15) is 0 Å². The van der Waals surface area contributed by atoms with Crippen molar-refractivity contribution in [3.63, 3.8) is 0 Å². The van der Waals surface area contributed by atoms with Crippen molar-refractivity contribution in [2.75, 3.05) is 6.61 Å². The molecule has 19 heavy (non-hydrogen) atoms. The molecule has 1 saturated heterocycles. The van der Waals surface area contributed by atoms with Gasteiger partial charge in [0.2, 0.25) is 0 Å². The highest BCUT2D eigenvalue weighted by Crippen LogP contribution is 2.34. The molecule has 0 aromatic rings. The molecule has 1 aliphatic heterocycles. The zero-order valence-corrected chi connectivity index (χ0v) is 14.1. The lowest BCUT2D eigenvalue weighted by Gasteiger charge is -2.25. The van der Waals surface area contributed by atoms with Gasteiger partial charge in [-0.05, 0) is 37.4 Å². The maximum Gasteiger partial charge on any atom is 0.192 e. The van der Waals surface area contributed by atoms with Crippen molar-refractivity contribution in [1.29, 1.82) is 0 Å². The normalized spacial score (nSPS) is 17.7. The van der Waals surface area contributed by atoms with Gasteiger partial charge < -0.3 is 4.43 Å². The van der Waals surface area contributed by atoms with Gasteiger partial charge >= 0.3 is 0 Å². The average molecular weight is 283 g/mol. The van der Waals surface area contributed by atoms with Crippen molar-refractivity contribution in [1.82, 2.24) is 0 Å². The van der Waals surface area contributed by atoms with Crippen molar-refractivity contribution in [3.8, 4) is 0 Å². The molecule has 0 N–H and O–H groups in total. The third-order valence-corrected chi connectivity index (χ3v) is 9.25. The standard InChI is InChI=1S/C17H34OSi/c1-3-5-6-7-8-9-10-11-12-15-18-19(4-2)16-13-14-17-19/h3H,1,4-17H2,2H3. The second-order valence-electron chi connectivity index (χ2n) is 6.14. The summed E-state index contributed by atoms with van der Waals surface area (Å²) in [7, 11) is -1.21. The number of hydrogen-bond donors (Lipinski definition) is 0. The first-order chi connectivity index (χ1) is 9.33. The van der Waals surface area contributed by atoms with E-state index in [0.717, 1.165) is 6.61 Å². The fraction of sp³-hybridized carbons (Fsp3) is 0.882. The Bertz CT molecular complexity index is 221. The van der Waals surface area contributed by atoms with E-state index in [0.29, 0.717) is 0 Å². The van der Waals surface area contributed by atoms with E-state index in [2.05, 4.69) is 13.5 Å². The van der Waals surface area contributed by atoms with Crippen LogP contribution in [-0.2, 0) is 4.43 Å². The Morgan fingerprint density at radius 3 is 2.11 bits per heavy atom. The predicted octanol–water partition coefficient (Wildman–Crippen LogP) is 6.07. The van der Waals surface area contributed by atoms with Crippen LogP contribution in [0.1, 0.15) is 71.1 Å². The van der Waals surface area contributed by atoms with E-state index < -0.39 is 8.32 Å². The molecule has 0 amide bonds. The number of unbranched alkanes of at least 4 members (excludes halogenated alkanes) is 7. The van der Waals surface area contributed by atoms with Crippen LogP contribution in [0.5, 0.6) is 0 Å². The molecule has 112 valence electrons. The van der Waals surface area contributed by atoms with E-state index in [4.69, 9.17) is 4.43 Å². The van der Waals surface area contributed by atoms with Crippen molar-refractivity contribution in [3.05, 3.63) is 12.7 Å². The van der Waals surface area contributed by atoms with Gasteiger partial charge in [-0.25, -0.2) is 0 Å². The Kier molecular flexibility index (Phi) is 9.53. The molecule has 0 aliphatic carbocycles. The second-order valence-corrected chi connectivity index (χ2v) is 10.5. The molecule has 0 saturated carbocycles. The number of allylic oxidation sites excluding steroid dienone is 1. The van der Waals surface area contributed by atoms with Crippen molar-refractivity contribution < 1.29 is 4.43 Å². The van der Waals surface area contributed by atoms with Crippen LogP contribution in [0.3, 0.4) is 0 Å². The second kappa shape index (κ2) is 10.7. The number of hydrogen-bond acceptors (Lipinski definition) is 1. The topological polar surface area (TPSA) is 9.23 Å². The van der Waals surface area contributed by atoms with Crippen LogP contribution < -0.4 is 0 Å². The maximum absolute atomic E-state index is 6.33. The van der Waals surface area contributed by atoms with E-state index in [-0.39, 0.29) is 0 Å². The van der Waals surface area contributed by atoms with Crippen molar-refractivity contribution >= 4 is 8.32 Å². The van der Waals surface area contributed by atoms with Crippen LogP contribution in [0.4, 0.5) is 0 Å². The average Bonchev–Trinajstić information content (AvgIpc) is 2.90. The molecule has 0 bridgehead atoms. The summed E-state index contributed by atoms with van der Waals surface area (Å²) < 4.78 is 6.33. The molecule has 1 rings (SSSR count). The first-order valence-electron chi connectivity index (χ1n) is 8.58. The molecule has 0 aromatic heterocycles. The SMILES string of the molecule is C=CCCCCCCCCCO[Si]1(CC)CCCC1. The Morgan fingerprint density at radius 2 is 1.53 bits per heavy atom. The van der Waals surface area contributed by atoms with Gasteiger partial charge in [0.15, 0.2) is 8.32 Å².